The van der Waals surface area contributed by atoms with Crippen molar-refractivity contribution >= 4 is 35.5 Å². The Hall–Kier alpha value is -3.33. The zero-order valence-electron chi connectivity index (χ0n) is 22.1. The summed E-state index contributed by atoms with van der Waals surface area (Å²) in [7, 11) is 0. The minimum atomic E-state index is -1.11. The second-order valence-corrected chi connectivity index (χ2v) is 10.8. The lowest BCUT2D eigenvalue weighted by Gasteiger charge is -2.50. The molecule has 0 radical (unpaired) electrons. The van der Waals surface area contributed by atoms with Crippen molar-refractivity contribution in [3.63, 3.8) is 0 Å². The highest BCUT2D eigenvalue weighted by atomic mass is 16.3. The second kappa shape index (κ2) is 11.2. The van der Waals surface area contributed by atoms with Gasteiger partial charge in [-0.15, -0.1) is 0 Å². The lowest BCUT2D eigenvalue weighted by atomic mass is 9.88. The van der Waals surface area contributed by atoms with Gasteiger partial charge in [-0.2, -0.15) is 0 Å². The molecular weight excluding hydrogens is 482 g/mol. The first-order valence-corrected chi connectivity index (χ1v) is 14.0. The maximum Gasteiger partial charge on any atom is 0.329 e. The van der Waals surface area contributed by atoms with E-state index in [2.05, 4.69) is 5.32 Å². The molecule has 4 aliphatic rings. The molecule has 38 heavy (non-hydrogen) atoms. The molecule has 202 valence electrons. The minimum absolute atomic E-state index is 0.0400. The van der Waals surface area contributed by atoms with Crippen LogP contribution in [-0.2, 0) is 9.59 Å². The Kier molecular flexibility index (Phi) is 7.74. The molecule has 2 aliphatic heterocycles. The van der Waals surface area contributed by atoms with E-state index in [9.17, 15) is 14.4 Å². The molecule has 1 atom stereocenters. The van der Waals surface area contributed by atoms with Gasteiger partial charge in [0.05, 0.1) is 6.61 Å². The normalized spacial score (nSPS) is 25.0. The van der Waals surface area contributed by atoms with Gasteiger partial charge in [-0.1, -0.05) is 62.8 Å². The van der Waals surface area contributed by atoms with E-state index in [0.29, 0.717) is 11.5 Å². The van der Waals surface area contributed by atoms with Gasteiger partial charge >= 0.3 is 6.03 Å². The molecule has 5 rings (SSSR count). The van der Waals surface area contributed by atoms with Crippen molar-refractivity contribution in [1.82, 2.24) is 15.1 Å². The predicted octanol–water partition coefficient (Wildman–Crippen LogP) is 3.66. The third-order valence-electron chi connectivity index (χ3n) is 8.18. The summed E-state index contributed by atoms with van der Waals surface area (Å²) in [5.41, 5.74) is 0.803. The van der Waals surface area contributed by atoms with Crippen molar-refractivity contribution in [1.29, 1.82) is 0 Å². The largest absolute Gasteiger partial charge is 0.395 e. The Morgan fingerprint density at radius 3 is 2.29 bits per heavy atom. The summed E-state index contributed by atoms with van der Waals surface area (Å²) in [6.45, 7) is 1.96. The summed E-state index contributed by atoms with van der Waals surface area (Å²) < 4.78 is 0. The Balaban J connectivity index is 1.44. The van der Waals surface area contributed by atoms with Crippen LogP contribution in [0.4, 0.5) is 4.79 Å². The number of amides is 4. The zero-order chi connectivity index (χ0) is 26.7. The molecule has 2 N–H and O–H groups in total. The molecule has 2 saturated carbocycles. The van der Waals surface area contributed by atoms with Crippen molar-refractivity contribution in [3.05, 3.63) is 41.5 Å². The molecule has 0 bridgehead atoms. The Morgan fingerprint density at radius 2 is 1.66 bits per heavy atom. The number of aliphatic hydroxyl groups is 1. The molecule has 9 nitrogen and oxygen atoms in total. The van der Waals surface area contributed by atoms with Crippen LogP contribution in [0.2, 0.25) is 0 Å². The van der Waals surface area contributed by atoms with E-state index in [1.54, 1.807) is 6.08 Å². The summed E-state index contributed by atoms with van der Waals surface area (Å²) in [6.07, 6.45) is 13.1. The van der Waals surface area contributed by atoms with Crippen molar-refractivity contribution in [2.24, 2.45) is 9.98 Å². The Bertz CT molecular complexity index is 1160. The van der Waals surface area contributed by atoms with Crippen LogP contribution in [0.5, 0.6) is 0 Å². The zero-order valence-corrected chi connectivity index (χ0v) is 22.1. The van der Waals surface area contributed by atoms with Crippen LogP contribution in [0.25, 0.3) is 6.08 Å². The van der Waals surface area contributed by atoms with Crippen LogP contribution in [-0.4, -0.2) is 75.2 Å². The number of rotatable bonds is 7. The van der Waals surface area contributed by atoms with Crippen LogP contribution in [0.1, 0.15) is 82.3 Å². The number of hydrogen-bond acceptors (Lipinski definition) is 6. The van der Waals surface area contributed by atoms with Gasteiger partial charge in [-0.05, 0) is 44.2 Å². The van der Waals surface area contributed by atoms with E-state index < -0.39 is 5.66 Å². The number of aliphatic imine (C=N–C) groups is 2. The topological polar surface area (TPSA) is 115 Å². The first-order valence-electron chi connectivity index (χ1n) is 14.0. The number of nitrogens with one attached hydrogen (secondary N) is 1. The molecule has 1 saturated heterocycles. The molecule has 1 unspecified atom stereocenters. The molecule has 4 amide bonds. The highest BCUT2D eigenvalue weighted by Gasteiger charge is 2.57. The van der Waals surface area contributed by atoms with E-state index in [1.807, 2.05) is 36.1 Å². The fraction of sp³-hybridized carbons (Fsp3) is 0.552. The molecule has 9 heteroatoms. The summed E-state index contributed by atoms with van der Waals surface area (Å²) >= 11 is 0. The van der Waals surface area contributed by atoms with Gasteiger partial charge in [0.2, 0.25) is 5.91 Å². The third kappa shape index (κ3) is 5.04. The monoisotopic (exact) mass is 519 g/mol. The predicted molar refractivity (Wildman–Crippen MR) is 146 cm³/mol. The van der Waals surface area contributed by atoms with Crippen molar-refractivity contribution < 1.29 is 19.5 Å². The molecule has 3 fully saturated rings. The van der Waals surface area contributed by atoms with Gasteiger partial charge < -0.3 is 10.4 Å². The highest BCUT2D eigenvalue weighted by Crippen LogP contribution is 2.40. The van der Waals surface area contributed by atoms with Crippen LogP contribution in [0, 0.1) is 0 Å². The van der Waals surface area contributed by atoms with Gasteiger partial charge in [0.15, 0.2) is 17.2 Å². The first-order chi connectivity index (χ1) is 18.4. The fourth-order valence-electron chi connectivity index (χ4n) is 6.21. The maximum absolute atomic E-state index is 14.0. The second-order valence-electron chi connectivity index (χ2n) is 10.8. The van der Waals surface area contributed by atoms with Crippen molar-refractivity contribution in [2.75, 3.05) is 13.2 Å². The Labute approximate surface area is 223 Å². The summed E-state index contributed by atoms with van der Waals surface area (Å²) in [5.74, 6) is -0.130. The van der Waals surface area contributed by atoms with E-state index >= 15 is 0 Å². The lowest BCUT2D eigenvalue weighted by molar-refractivity contribution is -0.127. The first kappa shape index (κ1) is 26.3. The Morgan fingerprint density at radius 1 is 1.03 bits per heavy atom. The van der Waals surface area contributed by atoms with E-state index in [1.165, 1.54) is 17.4 Å². The van der Waals surface area contributed by atoms with Gasteiger partial charge in [0, 0.05) is 30.3 Å². The van der Waals surface area contributed by atoms with Crippen LogP contribution in [0.15, 0.2) is 40.3 Å². The van der Waals surface area contributed by atoms with E-state index in [4.69, 9.17) is 15.1 Å². The number of urea groups is 1. The van der Waals surface area contributed by atoms with Gasteiger partial charge in [-0.25, -0.2) is 14.8 Å². The SMILES string of the molecule is CC12N=C(c3ccc(/C=C/C(=O)NCCO)cc3)N=C1C(=O)N(C1CCCCC1)C(=O)N2C1CCCCC1. The molecule has 2 aliphatic carbocycles. The number of aliphatic hydroxyl groups excluding tert-OH is 1. The summed E-state index contributed by atoms with van der Waals surface area (Å²) in [5, 5.41) is 11.4. The fourth-order valence-corrected chi connectivity index (χ4v) is 6.21. The highest BCUT2D eigenvalue weighted by molar-refractivity contribution is 6.49. The van der Waals surface area contributed by atoms with Gasteiger partial charge in [0.1, 0.15) is 0 Å². The van der Waals surface area contributed by atoms with Crippen LogP contribution >= 0.6 is 0 Å². The number of benzene rings is 1. The molecule has 0 aromatic heterocycles. The summed E-state index contributed by atoms with van der Waals surface area (Å²) in [6, 6.07) is 7.21. The average Bonchev–Trinajstić information content (AvgIpc) is 3.30. The molecule has 1 aromatic rings. The molecular formula is C29H37N5O4. The van der Waals surface area contributed by atoms with E-state index in [-0.39, 0.29) is 43.1 Å². The average molecular weight is 520 g/mol. The number of imide groups is 1. The van der Waals surface area contributed by atoms with Gasteiger partial charge in [-0.3, -0.25) is 19.4 Å². The summed E-state index contributed by atoms with van der Waals surface area (Å²) in [4.78, 5) is 52.7. The van der Waals surface area contributed by atoms with Crippen LogP contribution < -0.4 is 5.32 Å². The number of carbonyl (C=O) groups excluding carboxylic acids is 3. The van der Waals surface area contributed by atoms with Crippen molar-refractivity contribution in [3.8, 4) is 0 Å². The van der Waals surface area contributed by atoms with Crippen LogP contribution in [0.3, 0.4) is 0 Å². The number of carbonyl (C=O) groups is 3. The lowest BCUT2D eigenvalue weighted by Crippen LogP contribution is -2.71. The number of fused-ring (bicyclic) bond motifs is 1. The van der Waals surface area contributed by atoms with Gasteiger partial charge in [0.25, 0.3) is 5.91 Å². The molecule has 1 aromatic carbocycles. The number of hydrogen-bond donors (Lipinski definition) is 2. The number of nitrogens with zero attached hydrogens (tertiary/aromatic N) is 4. The smallest absolute Gasteiger partial charge is 0.329 e. The third-order valence-corrected chi connectivity index (χ3v) is 8.18. The molecule has 2 heterocycles. The van der Waals surface area contributed by atoms with Crippen molar-refractivity contribution in [2.45, 2.75) is 88.9 Å². The minimum Gasteiger partial charge on any atom is -0.395 e. The quantitative estimate of drug-likeness (QED) is 0.535. The standard InChI is InChI=1S/C29H37N5O4/c1-29-25(31-26(32-29)21-15-12-20(13-16-21)14-17-24(36)30-18-19-35)27(37)33(22-8-4-2-5-9-22)28(38)34(29)23-10-6-3-7-11-23/h12-17,22-23,35H,2-11,18-19H2,1H3,(H,30,36)/b17-14+. The number of amidine groups is 1. The maximum atomic E-state index is 14.0. The van der Waals surface area contributed by atoms with E-state index in [0.717, 1.165) is 68.9 Å². The molecule has 0 spiro atoms.